The van der Waals surface area contributed by atoms with Gasteiger partial charge in [-0.05, 0) is 31.5 Å². The molecule has 0 aliphatic carbocycles. The summed E-state index contributed by atoms with van der Waals surface area (Å²) >= 11 is 0. The van der Waals surface area contributed by atoms with Crippen LogP contribution in [0.3, 0.4) is 0 Å². The number of nitrogens with one attached hydrogen (secondary N) is 1. The van der Waals surface area contributed by atoms with Gasteiger partial charge < -0.3 is 9.84 Å². The SMILES string of the molecule is C#CC(CC)NC(C)c1cc(OC)ccc1O. The molecule has 2 N–H and O–H groups in total. The average molecular weight is 233 g/mol. The Hall–Kier alpha value is -1.66. The standard InChI is InChI=1S/C14H19NO2/c1-5-11(6-2)15-10(3)13-9-12(17-4)7-8-14(13)16/h1,7-11,15-16H,6H2,2-4H3. The number of phenolic OH excluding ortho intramolecular Hbond substituents is 1. The molecule has 0 radical (unpaired) electrons. The number of aromatic hydroxyl groups is 1. The van der Waals surface area contributed by atoms with E-state index in [1.54, 1.807) is 19.2 Å². The quantitative estimate of drug-likeness (QED) is 0.768. The van der Waals surface area contributed by atoms with Gasteiger partial charge in [0.05, 0.1) is 13.2 Å². The van der Waals surface area contributed by atoms with Crippen molar-refractivity contribution in [1.82, 2.24) is 5.32 Å². The highest BCUT2D eigenvalue weighted by atomic mass is 16.5. The number of phenols is 1. The van der Waals surface area contributed by atoms with E-state index in [-0.39, 0.29) is 17.8 Å². The van der Waals surface area contributed by atoms with Crippen molar-refractivity contribution in [3.8, 4) is 23.8 Å². The van der Waals surface area contributed by atoms with Crippen molar-refractivity contribution in [1.29, 1.82) is 0 Å². The highest BCUT2D eigenvalue weighted by molar-refractivity contribution is 5.41. The summed E-state index contributed by atoms with van der Waals surface area (Å²) in [6.45, 7) is 3.99. The number of hydrogen-bond acceptors (Lipinski definition) is 3. The highest BCUT2D eigenvalue weighted by Crippen LogP contribution is 2.28. The summed E-state index contributed by atoms with van der Waals surface area (Å²) in [5.41, 5.74) is 0.790. The molecular formula is C14H19NO2. The first-order valence-corrected chi connectivity index (χ1v) is 5.71. The van der Waals surface area contributed by atoms with Crippen molar-refractivity contribution >= 4 is 0 Å². The molecule has 0 heterocycles. The topological polar surface area (TPSA) is 41.5 Å². The lowest BCUT2D eigenvalue weighted by atomic mass is 10.1. The van der Waals surface area contributed by atoms with E-state index in [1.807, 2.05) is 19.9 Å². The van der Waals surface area contributed by atoms with Gasteiger partial charge in [-0.15, -0.1) is 6.42 Å². The molecule has 0 fully saturated rings. The maximum Gasteiger partial charge on any atom is 0.120 e. The molecule has 0 aromatic heterocycles. The Balaban J connectivity index is 2.88. The zero-order valence-corrected chi connectivity index (χ0v) is 10.5. The molecule has 1 aromatic carbocycles. The second kappa shape index (κ2) is 6.17. The van der Waals surface area contributed by atoms with Crippen molar-refractivity contribution in [2.75, 3.05) is 7.11 Å². The molecule has 1 rings (SSSR count). The normalized spacial score (nSPS) is 13.8. The van der Waals surface area contributed by atoms with Crippen LogP contribution in [-0.2, 0) is 0 Å². The van der Waals surface area contributed by atoms with Crippen molar-refractivity contribution in [2.24, 2.45) is 0 Å². The first-order chi connectivity index (χ1) is 8.12. The molecule has 2 atom stereocenters. The second-order valence-electron chi connectivity index (χ2n) is 3.94. The van der Waals surface area contributed by atoms with E-state index in [9.17, 15) is 5.11 Å². The Morgan fingerprint density at radius 2 is 2.24 bits per heavy atom. The first kappa shape index (κ1) is 13.4. The minimum Gasteiger partial charge on any atom is -0.508 e. The average Bonchev–Trinajstić information content (AvgIpc) is 2.36. The Bertz CT molecular complexity index is 409. The van der Waals surface area contributed by atoms with Crippen molar-refractivity contribution in [3.63, 3.8) is 0 Å². The third kappa shape index (κ3) is 3.40. The fraction of sp³-hybridized carbons (Fsp3) is 0.429. The highest BCUT2D eigenvalue weighted by Gasteiger charge is 2.14. The van der Waals surface area contributed by atoms with Gasteiger partial charge in [0.2, 0.25) is 0 Å². The molecule has 0 spiro atoms. The van der Waals surface area contributed by atoms with E-state index < -0.39 is 0 Å². The van der Waals surface area contributed by atoms with Crippen LogP contribution in [0.15, 0.2) is 18.2 Å². The van der Waals surface area contributed by atoms with Gasteiger partial charge in [0.15, 0.2) is 0 Å². The van der Waals surface area contributed by atoms with Crippen LogP contribution in [0.2, 0.25) is 0 Å². The van der Waals surface area contributed by atoms with Gasteiger partial charge in [0, 0.05) is 11.6 Å². The van der Waals surface area contributed by atoms with Crippen LogP contribution in [0.25, 0.3) is 0 Å². The molecule has 0 aliphatic rings. The van der Waals surface area contributed by atoms with Gasteiger partial charge in [-0.2, -0.15) is 0 Å². The summed E-state index contributed by atoms with van der Waals surface area (Å²) in [5.74, 6) is 3.65. The van der Waals surface area contributed by atoms with E-state index in [0.717, 1.165) is 17.7 Å². The first-order valence-electron chi connectivity index (χ1n) is 5.71. The Labute approximate surface area is 103 Å². The van der Waals surface area contributed by atoms with Crippen LogP contribution >= 0.6 is 0 Å². The van der Waals surface area contributed by atoms with E-state index in [1.165, 1.54) is 0 Å². The fourth-order valence-electron chi connectivity index (χ4n) is 1.68. The van der Waals surface area contributed by atoms with Gasteiger partial charge in [-0.1, -0.05) is 12.8 Å². The van der Waals surface area contributed by atoms with E-state index >= 15 is 0 Å². The van der Waals surface area contributed by atoms with Crippen LogP contribution in [0.5, 0.6) is 11.5 Å². The lowest BCUT2D eigenvalue weighted by Gasteiger charge is -2.20. The smallest absolute Gasteiger partial charge is 0.120 e. The van der Waals surface area contributed by atoms with Crippen molar-refractivity contribution in [2.45, 2.75) is 32.4 Å². The number of terminal acetylenes is 1. The number of hydrogen-bond donors (Lipinski definition) is 2. The van der Waals surface area contributed by atoms with E-state index in [2.05, 4.69) is 11.2 Å². The van der Waals surface area contributed by atoms with Crippen LogP contribution < -0.4 is 10.1 Å². The van der Waals surface area contributed by atoms with E-state index in [4.69, 9.17) is 11.2 Å². The molecule has 2 unspecified atom stereocenters. The summed E-state index contributed by atoms with van der Waals surface area (Å²) in [7, 11) is 1.60. The summed E-state index contributed by atoms with van der Waals surface area (Å²) in [6.07, 6.45) is 6.26. The zero-order chi connectivity index (χ0) is 12.8. The largest absolute Gasteiger partial charge is 0.508 e. The Kier molecular flexibility index (Phi) is 4.86. The predicted molar refractivity (Wildman–Crippen MR) is 69.1 cm³/mol. The Morgan fingerprint density at radius 3 is 2.76 bits per heavy atom. The minimum absolute atomic E-state index is 0.00982. The molecule has 0 saturated carbocycles. The molecule has 0 amide bonds. The lowest BCUT2D eigenvalue weighted by Crippen LogP contribution is -2.29. The molecular weight excluding hydrogens is 214 g/mol. The third-order valence-corrected chi connectivity index (χ3v) is 2.76. The lowest BCUT2D eigenvalue weighted by molar-refractivity contribution is 0.406. The van der Waals surface area contributed by atoms with Crippen LogP contribution in [-0.4, -0.2) is 18.3 Å². The molecule has 17 heavy (non-hydrogen) atoms. The number of ether oxygens (including phenoxy) is 1. The predicted octanol–water partition coefficient (Wildman–Crippen LogP) is 2.46. The van der Waals surface area contributed by atoms with Gasteiger partial charge in [0.1, 0.15) is 11.5 Å². The summed E-state index contributed by atoms with van der Waals surface area (Å²) in [4.78, 5) is 0. The van der Waals surface area contributed by atoms with Crippen LogP contribution in [0, 0.1) is 12.3 Å². The summed E-state index contributed by atoms with van der Waals surface area (Å²) < 4.78 is 5.14. The molecule has 3 heteroatoms. The molecule has 3 nitrogen and oxygen atoms in total. The third-order valence-electron chi connectivity index (χ3n) is 2.76. The van der Waals surface area contributed by atoms with Gasteiger partial charge in [0.25, 0.3) is 0 Å². The second-order valence-corrected chi connectivity index (χ2v) is 3.94. The number of rotatable bonds is 5. The van der Waals surface area contributed by atoms with Crippen molar-refractivity contribution in [3.05, 3.63) is 23.8 Å². The summed E-state index contributed by atoms with van der Waals surface area (Å²) in [5, 5.41) is 13.1. The molecule has 92 valence electrons. The zero-order valence-electron chi connectivity index (χ0n) is 10.5. The monoisotopic (exact) mass is 233 g/mol. The van der Waals surface area contributed by atoms with Gasteiger partial charge in [-0.3, -0.25) is 5.32 Å². The molecule has 1 aromatic rings. The van der Waals surface area contributed by atoms with Crippen LogP contribution in [0.1, 0.15) is 31.9 Å². The Morgan fingerprint density at radius 1 is 1.53 bits per heavy atom. The van der Waals surface area contributed by atoms with Gasteiger partial charge in [-0.25, -0.2) is 0 Å². The van der Waals surface area contributed by atoms with Crippen molar-refractivity contribution < 1.29 is 9.84 Å². The number of methoxy groups -OCH3 is 1. The molecule has 0 bridgehead atoms. The fourth-order valence-corrected chi connectivity index (χ4v) is 1.68. The maximum atomic E-state index is 9.81. The minimum atomic E-state index is -0.0221. The number of benzene rings is 1. The van der Waals surface area contributed by atoms with E-state index in [0.29, 0.717) is 0 Å². The maximum absolute atomic E-state index is 9.81. The van der Waals surface area contributed by atoms with Gasteiger partial charge >= 0.3 is 0 Å². The molecule has 0 aliphatic heterocycles. The molecule has 0 saturated heterocycles. The van der Waals surface area contributed by atoms with Crippen LogP contribution in [0.4, 0.5) is 0 Å². The summed E-state index contributed by atoms with van der Waals surface area (Å²) in [6, 6.07) is 5.16.